The Balaban J connectivity index is 4.05. The van der Waals surface area contributed by atoms with Crippen LogP contribution in [-0.2, 0) is 24.1 Å². The SMILES string of the molecule is COOC(=O)C(C)(C)OCC(=O)O. The van der Waals surface area contributed by atoms with Crippen molar-refractivity contribution in [3.63, 3.8) is 0 Å². The molecular formula is C7H12O6. The Kier molecular flexibility index (Phi) is 4.36. The standard InChI is InChI=1S/C7H12O6/c1-7(2,6(10)13-11-3)12-4-5(8)9/h4H2,1-3H3,(H,8,9). The van der Waals surface area contributed by atoms with Crippen LogP contribution in [0.2, 0.25) is 0 Å². The number of carboxylic acid groups (broad SMARTS) is 1. The Morgan fingerprint density at radius 1 is 1.38 bits per heavy atom. The molecule has 0 atom stereocenters. The molecule has 0 saturated carbocycles. The van der Waals surface area contributed by atoms with Crippen LogP contribution in [0.5, 0.6) is 0 Å². The highest BCUT2D eigenvalue weighted by Gasteiger charge is 2.32. The fraction of sp³-hybridized carbons (Fsp3) is 0.714. The first kappa shape index (κ1) is 11.9. The number of carboxylic acids is 1. The van der Waals surface area contributed by atoms with Gasteiger partial charge in [-0.15, -0.1) is 0 Å². The van der Waals surface area contributed by atoms with Gasteiger partial charge in [-0.25, -0.2) is 9.59 Å². The molecule has 0 aliphatic rings. The van der Waals surface area contributed by atoms with Gasteiger partial charge in [-0.05, 0) is 13.8 Å². The lowest BCUT2D eigenvalue weighted by Gasteiger charge is -2.20. The van der Waals surface area contributed by atoms with E-state index >= 15 is 0 Å². The van der Waals surface area contributed by atoms with Gasteiger partial charge in [-0.3, -0.25) is 4.89 Å². The van der Waals surface area contributed by atoms with Gasteiger partial charge in [-0.2, -0.15) is 4.89 Å². The molecule has 0 radical (unpaired) electrons. The van der Waals surface area contributed by atoms with Crippen molar-refractivity contribution in [2.75, 3.05) is 13.7 Å². The molecule has 0 amide bonds. The van der Waals surface area contributed by atoms with Crippen LogP contribution >= 0.6 is 0 Å². The summed E-state index contributed by atoms with van der Waals surface area (Å²) in [6, 6.07) is 0. The van der Waals surface area contributed by atoms with Crippen LogP contribution in [0.15, 0.2) is 0 Å². The van der Waals surface area contributed by atoms with E-state index in [9.17, 15) is 9.59 Å². The summed E-state index contributed by atoms with van der Waals surface area (Å²) in [7, 11) is 1.17. The summed E-state index contributed by atoms with van der Waals surface area (Å²) in [6.45, 7) is 2.21. The molecule has 0 aliphatic carbocycles. The quantitative estimate of drug-likeness (QED) is 0.486. The molecule has 0 aromatic heterocycles. The van der Waals surface area contributed by atoms with Crippen LogP contribution in [0.1, 0.15) is 13.8 Å². The van der Waals surface area contributed by atoms with E-state index in [0.29, 0.717) is 0 Å². The second-order valence-electron chi connectivity index (χ2n) is 2.73. The predicted octanol–water partition coefficient (Wildman–Crippen LogP) is -0.0292. The van der Waals surface area contributed by atoms with E-state index < -0.39 is 24.1 Å². The Morgan fingerprint density at radius 2 is 1.92 bits per heavy atom. The second-order valence-corrected chi connectivity index (χ2v) is 2.73. The van der Waals surface area contributed by atoms with Crippen LogP contribution in [-0.4, -0.2) is 36.4 Å². The maximum absolute atomic E-state index is 11.0. The fourth-order valence-corrected chi connectivity index (χ4v) is 0.477. The molecule has 0 aliphatic heterocycles. The van der Waals surface area contributed by atoms with Crippen molar-refractivity contribution in [3.8, 4) is 0 Å². The van der Waals surface area contributed by atoms with Crippen molar-refractivity contribution in [2.24, 2.45) is 0 Å². The lowest BCUT2D eigenvalue weighted by Crippen LogP contribution is -2.38. The number of hydrogen-bond acceptors (Lipinski definition) is 5. The van der Waals surface area contributed by atoms with Gasteiger partial charge in [0.05, 0.1) is 7.11 Å². The highest BCUT2D eigenvalue weighted by molar-refractivity contribution is 5.78. The molecule has 13 heavy (non-hydrogen) atoms. The molecule has 0 rings (SSSR count). The third kappa shape index (κ3) is 4.44. The molecule has 0 fully saturated rings. The Hall–Kier alpha value is -1.14. The molecule has 0 heterocycles. The van der Waals surface area contributed by atoms with Crippen LogP contribution in [0.4, 0.5) is 0 Å². The minimum atomic E-state index is -1.32. The summed E-state index contributed by atoms with van der Waals surface area (Å²) in [5, 5.41) is 8.28. The highest BCUT2D eigenvalue weighted by atomic mass is 17.2. The number of carbonyl (C=O) groups excluding carboxylic acids is 1. The van der Waals surface area contributed by atoms with Gasteiger partial charge >= 0.3 is 11.9 Å². The average Bonchev–Trinajstić information content (AvgIpc) is 2.01. The summed E-state index contributed by atoms with van der Waals surface area (Å²) in [5.41, 5.74) is -1.32. The smallest absolute Gasteiger partial charge is 0.373 e. The molecular weight excluding hydrogens is 180 g/mol. The normalized spacial score (nSPS) is 11.0. The van der Waals surface area contributed by atoms with Crippen molar-refractivity contribution in [3.05, 3.63) is 0 Å². The van der Waals surface area contributed by atoms with E-state index in [-0.39, 0.29) is 0 Å². The Bertz CT molecular complexity index is 197. The molecule has 0 bridgehead atoms. The van der Waals surface area contributed by atoms with Crippen molar-refractivity contribution >= 4 is 11.9 Å². The minimum Gasteiger partial charge on any atom is -0.480 e. The maximum atomic E-state index is 11.0. The number of carbonyl (C=O) groups is 2. The molecule has 6 nitrogen and oxygen atoms in total. The molecule has 0 aromatic rings. The average molecular weight is 192 g/mol. The molecule has 0 unspecified atom stereocenters. The van der Waals surface area contributed by atoms with E-state index in [4.69, 9.17) is 9.84 Å². The van der Waals surface area contributed by atoms with Crippen molar-refractivity contribution < 1.29 is 29.2 Å². The van der Waals surface area contributed by atoms with Gasteiger partial charge in [0.1, 0.15) is 6.61 Å². The molecule has 6 heteroatoms. The molecule has 76 valence electrons. The first-order valence-electron chi connectivity index (χ1n) is 3.51. The zero-order chi connectivity index (χ0) is 10.5. The minimum absolute atomic E-state index is 0.564. The topological polar surface area (TPSA) is 82.1 Å². The van der Waals surface area contributed by atoms with Crippen LogP contribution in [0.25, 0.3) is 0 Å². The monoisotopic (exact) mass is 192 g/mol. The summed E-state index contributed by atoms with van der Waals surface area (Å²) < 4.78 is 4.75. The highest BCUT2D eigenvalue weighted by Crippen LogP contribution is 2.11. The fourth-order valence-electron chi connectivity index (χ4n) is 0.477. The summed E-state index contributed by atoms with van der Waals surface area (Å²) >= 11 is 0. The molecule has 0 aromatic carbocycles. The molecule has 0 spiro atoms. The van der Waals surface area contributed by atoms with E-state index in [0.717, 1.165) is 0 Å². The summed E-state index contributed by atoms with van der Waals surface area (Å²) in [4.78, 5) is 29.4. The zero-order valence-corrected chi connectivity index (χ0v) is 7.70. The van der Waals surface area contributed by atoms with E-state index in [2.05, 4.69) is 9.78 Å². The van der Waals surface area contributed by atoms with E-state index in [1.807, 2.05) is 0 Å². The van der Waals surface area contributed by atoms with E-state index in [1.165, 1.54) is 21.0 Å². The lowest BCUT2D eigenvalue weighted by molar-refractivity contribution is -0.270. The van der Waals surface area contributed by atoms with Gasteiger partial charge in [0.2, 0.25) is 0 Å². The second kappa shape index (κ2) is 4.78. The lowest BCUT2D eigenvalue weighted by atomic mass is 10.1. The van der Waals surface area contributed by atoms with Gasteiger partial charge in [0, 0.05) is 0 Å². The van der Waals surface area contributed by atoms with Crippen molar-refractivity contribution in [1.82, 2.24) is 0 Å². The van der Waals surface area contributed by atoms with Crippen LogP contribution < -0.4 is 0 Å². The number of aliphatic carboxylic acids is 1. The van der Waals surface area contributed by atoms with Crippen LogP contribution in [0.3, 0.4) is 0 Å². The Labute approximate surface area is 75.3 Å². The maximum Gasteiger partial charge on any atom is 0.373 e. The predicted molar refractivity (Wildman–Crippen MR) is 40.8 cm³/mol. The van der Waals surface area contributed by atoms with Gasteiger partial charge < -0.3 is 9.84 Å². The van der Waals surface area contributed by atoms with Crippen molar-refractivity contribution in [2.45, 2.75) is 19.4 Å². The van der Waals surface area contributed by atoms with Crippen LogP contribution in [0, 0.1) is 0 Å². The number of ether oxygens (including phenoxy) is 1. The van der Waals surface area contributed by atoms with Gasteiger partial charge in [0.15, 0.2) is 5.60 Å². The van der Waals surface area contributed by atoms with Gasteiger partial charge in [0.25, 0.3) is 0 Å². The summed E-state index contributed by atoms with van der Waals surface area (Å²) in [6.07, 6.45) is 0. The third-order valence-electron chi connectivity index (χ3n) is 1.21. The largest absolute Gasteiger partial charge is 0.480 e. The Morgan fingerprint density at radius 3 is 2.31 bits per heavy atom. The molecule has 0 saturated heterocycles. The van der Waals surface area contributed by atoms with E-state index in [1.54, 1.807) is 0 Å². The first-order valence-corrected chi connectivity index (χ1v) is 3.51. The molecule has 1 N–H and O–H groups in total. The number of hydrogen-bond donors (Lipinski definition) is 1. The zero-order valence-electron chi connectivity index (χ0n) is 7.70. The number of rotatable bonds is 5. The summed E-state index contributed by atoms with van der Waals surface area (Å²) in [5.74, 6) is -1.94. The van der Waals surface area contributed by atoms with Crippen molar-refractivity contribution in [1.29, 1.82) is 0 Å². The third-order valence-corrected chi connectivity index (χ3v) is 1.21. The van der Waals surface area contributed by atoms with Gasteiger partial charge in [-0.1, -0.05) is 0 Å². The first-order chi connectivity index (χ1) is 5.90.